The number of hydrogen-bond acceptors (Lipinski definition) is 3. The minimum absolute atomic E-state index is 0.104. The summed E-state index contributed by atoms with van der Waals surface area (Å²) in [6.07, 6.45) is 0.719. The van der Waals surface area contributed by atoms with E-state index in [4.69, 9.17) is 16.2 Å². The van der Waals surface area contributed by atoms with Crippen molar-refractivity contribution in [2.24, 2.45) is 5.73 Å². The molecule has 0 aliphatic carbocycles. The van der Waals surface area contributed by atoms with Crippen molar-refractivity contribution < 1.29 is 9.13 Å². The molecule has 0 radical (unpaired) electrons. The highest BCUT2D eigenvalue weighted by atomic mass is 19.1. The Labute approximate surface area is 75.5 Å². The Kier molecular flexibility index (Phi) is 1.84. The molecule has 3 nitrogen and oxygen atoms in total. The minimum atomic E-state index is -0.493. The number of nitrogens with two attached hydrogens (primary N) is 2. The molecule has 2 rings (SSSR count). The monoisotopic (exact) mass is 182 g/mol. The zero-order valence-electron chi connectivity index (χ0n) is 7.09. The molecule has 0 fully saturated rings. The summed E-state index contributed by atoms with van der Waals surface area (Å²) in [5, 5.41) is 0. The van der Waals surface area contributed by atoms with Crippen molar-refractivity contribution in [2.45, 2.75) is 12.5 Å². The Hall–Kier alpha value is -1.29. The lowest BCUT2D eigenvalue weighted by Gasteiger charge is -2.23. The molecule has 0 saturated heterocycles. The summed E-state index contributed by atoms with van der Waals surface area (Å²) in [6.45, 7) is 0.453. The summed E-state index contributed by atoms with van der Waals surface area (Å²) in [4.78, 5) is 0. The Balaban J connectivity index is 2.56. The second kappa shape index (κ2) is 2.88. The molecule has 70 valence electrons. The zero-order chi connectivity index (χ0) is 9.42. The van der Waals surface area contributed by atoms with Gasteiger partial charge in [-0.2, -0.15) is 0 Å². The van der Waals surface area contributed by atoms with Gasteiger partial charge in [0.2, 0.25) is 0 Å². The van der Waals surface area contributed by atoms with Crippen molar-refractivity contribution in [3.8, 4) is 5.75 Å². The summed E-state index contributed by atoms with van der Waals surface area (Å²) in [5.41, 5.74) is 12.0. The fraction of sp³-hybridized carbons (Fsp3) is 0.333. The van der Waals surface area contributed by atoms with Crippen LogP contribution >= 0.6 is 0 Å². The first-order valence-electron chi connectivity index (χ1n) is 4.16. The van der Waals surface area contributed by atoms with Gasteiger partial charge in [0, 0.05) is 18.0 Å². The molecule has 4 N–H and O–H groups in total. The van der Waals surface area contributed by atoms with Gasteiger partial charge in [0.15, 0.2) is 11.6 Å². The van der Waals surface area contributed by atoms with E-state index in [1.54, 1.807) is 6.07 Å². The SMILES string of the molecule is Nc1ccc2c(c1F)OCC[C@@H]2N. The van der Waals surface area contributed by atoms with E-state index in [-0.39, 0.29) is 17.5 Å². The van der Waals surface area contributed by atoms with Gasteiger partial charge in [-0.05, 0) is 6.07 Å². The van der Waals surface area contributed by atoms with Crippen LogP contribution in [0.3, 0.4) is 0 Å². The number of nitrogen functional groups attached to an aromatic ring is 1. The molecular weight excluding hydrogens is 171 g/mol. The van der Waals surface area contributed by atoms with E-state index < -0.39 is 5.82 Å². The molecule has 13 heavy (non-hydrogen) atoms. The van der Waals surface area contributed by atoms with Crippen LogP contribution in [0.1, 0.15) is 18.0 Å². The van der Waals surface area contributed by atoms with Crippen LogP contribution < -0.4 is 16.2 Å². The van der Waals surface area contributed by atoms with Crippen molar-refractivity contribution in [2.75, 3.05) is 12.3 Å². The average Bonchev–Trinajstić information content (AvgIpc) is 2.12. The molecule has 1 aromatic carbocycles. The molecule has 4 heteroatoms. The normalized spacial score (nSPS) is 20.6. The standard InChI is InChI=1S/C9H11FN2O/c10-8-7(12)2-1-5-6(11)3-4-13-9(5)8/h1-2,6H,3-4,11-12H2/t6-/m0/s1. The molecular formula is C9H11FN2O. The maximum atomic E-state index is 13.4. The van der Waals surface area contributed by atoms with Crippen molar-refractivity contribution in [1.29, 1.82) is 0 Å². The molecule has 0 unspecified atom stereocenters. The number of anilines is 1. The Bertz CT molecular complexity index is 341. The van der Waals surface area contributed by atoms with Gasteiger partial charge >= 0.3 is 0 Å². The van der Waals surface area contributed by atoms with Crippen LogP contribution in [0.2, 0.25) is 0 Å². The largest absolute Gasteiger partial charge is 0.490 e. The smallest absolute Gasteiger partial charge is 0.188 e. The van der Waals surface area contributed by atoms with E-state index in [1.807, 2.05) is 0 Å². The molecule has 1 atom stereocenters. The topological polar surface area (TPSA) is 61.3 Å². The second-order valence-corrected chi connectivity index (χ2v) is 3.13. The van der Waals surface area contributed by atoms with E-state index in [2.05, 4.69) is 0 Å². The molecule has 1 aliphatic rings. The van der Waals surface area contributed by atoms with Crippen LogP contribution in [0.15, 0.2) is 12.1 Å². The summed E-state index contributed by atoms with van der Waals surface area (Å²) < 4.78 is 18.5. The molecule has 0 aromatic heterocycles. The molecule has 0 amide bonds. The van der Waals surface area contributed by atoms with Gasteiger partial charge in [-0.15, -0.1) is 0 Å². The first-order chi connectivity index (χ1) is 6.20. The summed E-state index contributed by atoms with van der Waals surface area (Å²) in [6, 6.07) is 3.10. The summed E-state index contributed by atoms with van der Waals surface area (Å²) in [7, 11) is 0. The maximum absolute atomic E-state index is 13.4. The Morgan fingerprint density at radius 1 is 1.46 bits per heavy atom. The highest BCUT2D eigenvalue weighted by Gasteiger charge is 2.22. The quantitative estimate of drug-likeness (QED) is 0.592. The van der Waals surface area contributed by atoms with Gasteiger partial charge in [0.05, 0.1) is 12.3 Å². The number of benzene rings is 1. The molecule has 1 heterocycles. The zero-order valence-corrected chi connectivity index (χ0v) is 7.09. The lowest BCUT2D eigenvalue weighted by Crippen LogP contribution is -2.21. The highest BCUT2D eigenvalue weighted by Crippen LogP contribution is 2.35. The molecule has 0 bridgehead atoms. The van der Waals surface area contributed by atoms with Crippen molar-refractivity contribution >= 4 is 5.69 Å². The minimum Gasteiger partial charge on any atom is -0.490 e. The predicted molar refractivity (Wildman–Crippen MR) is 47.9 cm³/mol. The third-order valence-corrected chi connectivity index (χ3v) is 2.23. The van der Waals surface area contributed by atoms with E-state index >= 15 is 0 Å². The Morgan fingerprint density at radius 3 is 3.00 bits per heavy atom. The summed E-state index contributed by atoms with van der Waals surface area (Å²) >= 11 is 0. The van der Waals surface area contributed by atoms with Crippen LogP contribution in [0.5, 0.6) is 5.75 Å². The number of hydrogen-bond donors (Lipinski definition) is 2. The molecule has 0 saturated carbocycles. The molecule has 0 spiro atoms. The lowest BCUT2D eigenvalue weighted by atomic mass is 10.0. The van der Waals surface area contributed by atoms with Crippen LogP contribution in [-0.2, 0) is 0 Å². The lowest BCUT2D eigenvalue weighted by molar-refractivity contribution is 0.256. The van der Waals surface area contributed by atoms with E-state index in [1.165, 1.54) is 6.07 Å². The van der Waals surface area contributed by atoms with E-state index in [0.717, 1.165) is 6.42 Å². The fourth-order valence-corrected chi connectivity index (χ4v) is 1.47. The maximum Gasteiger partial charge on any atom is 0.188 e. The third kappa shape index (κ3) is 1.23. The predicted octanol–water partition coefficient (Wildman–Crippen LogP) is 1.19. The van der Waals surface area contributed by atoms with Gasteiger partial charge in [-0.1, -0.05) is 6.07 Å². The van der Waals surface area contributed by atoms with Crippen LogP contribution in [-0.4, -0.2) is 6.61 Å². The number of ether oxygens (including phenoxy) is 1. The summed E-state index contributed by atoms with van der Waals surface area (Å²) in [5.74, 6) is -0.272. The van der Waals surface area contributed by atoms with Gasteiger partial charge in [0.25, 0.3) is 0 Å². The van der Waals surface area contributed by atoms with Gasteiger partial charge in [-0.25, -0.2) is 4.39 Å². The van der Waals surface area contributed by atoms with E-state index in [0.29, 0.717) is 12.2 Å². The van der Waals surface area contributed by atoms with E-state index in [9.17, 15) is 4.39 Å². The van der Waals surface area contributed by atoms with Crippen LogP contribution in [0, 0.1) is 5.82 Å². The highest BCUT2D eigenvalue weighted by molar-refractivity contribution is 5.52. The first kappa shape index (κ1) is 8.31. The molecule has 1 aromatic rings. The van der Waals surface area contributed by atoms with Gasteiger partial charge in [0.1, 0.15) is 0 Å². The van der Waals surface area contributed by atoms with Crippen molar-refractivity contribution in [3.63, 3.8) is 0 Å². The van der Waals surface area contributed by atoms with Gasteiger partial charge in [-0.3, -0.25) is 0 Å². The van der Waals surface area contributed by atoms with Crippen LogP contribution in [0.4, 0.5) is 10.1 Å². The number of rotatable bonds is 0. The van der Waals surface area contributed by atoms with Crippen molar-refractivity contribution in [1.82, 2.24) is 0 Å². The Morgan fingerprint density at radius 2 is 2.23 bits per heavy atom. The average molecular weight is 182 g/mol. The van der Waals surface area contributed by atoms with Gasteiger partial charge < -0.3 is 16.2 Å². The van der Waals surface area contributed by atoms with Crippen LogP contribution in [0.25, 0.3) is 0 Å². The fourth-order valence-electron chi connectivity index (χ4n) is 1.47. The molecule has 1 aliphatic heterocycles. The number of fused-ring (bicyclic) bond motifs is 1. The third-order valence-electron chi connectivity index (χ3n) is 2.23. The first-order valence-corrected chi connectivity index (χ1v) is 4.16. The number of halogens is 1. The second-order valence-electron chi connectivity index (χ2n) is 3.13. The van der Waals surface area contributed by atoms with Crippen molar-refractivity contribution in [3.05, 3.63) is 23.5 Å².